The third kappa shape index (κ3) is 8.98. The molecule has 0 radical (unpaired) electrons. The zero-order valence-electron chi connectivity index (χ0n) is 27.2. The predicted octanol–water partition coefficient (Wildman–Crippen LogP) is 7.89. The molecule has 5 rings (SSSR count). The van der Waals surface area contributed by atoms with Gasteiger partial charge in [0, 0.05) is 19.0 Å². The third-order valence-corrected chi connectivity index (χ3v) is 11.2. The number of nitrogens with one attached hydrogen (secondary N) is 1. The fourth-order valence-electron chi connectivity index (χ4n) is 6.28. The minimum Gasteiger partial charge on any atom is -0.352 e. The van der Waals surface area contributed by atoms with Crippen LogP contribution in [0.4, 0.5) is 5.69 Å². The summed E-state index contributed by atoms with van der Waals surface area (Å²) in [5, 5.41) is 3.91. The van der Waals surface area contributed by atoms with Gasteiger partial charge in [-0.3, -0.25) is 13.9 Å². The number of hydrogen-bond acceptors (Lipinski definition) is 4. The lowest BCUT2D eigenvalue weighted by molar-refractivity contribution is -0.140. The first-order chi connectivity index (χ1) is 23.0. The Morgan fingerprint density at radius 3 is 2.04 bits per heavy atom. The van der Waals surface area contributed by atoms with Gasteiger partial charge in [0.15, 0.2) is 0 Å². The molecular weight excluding hydrogens is 665 g/mol. The normalized spacial score (nSPS) is 14.2. The van der Waals surface area contributed by atoms with Crippen LogP contribution in [0.2, 0.25) is 10.0 Å². The van der Waals surface area contributed by atoms with Crippen LogP contribution in [0.15, 0.2) is 102 Å². The molecule has 0 heterocycles. The van der Waals surface area contributed by atoms with Crippen LogP contribution in [0.1, 0.15) is 54.4 Å². The lowest BCUT2D eigenvalue weighted by atomic mass is 9.94. The Balaban J connectivity index is 1.59. The molecule has 1 fully saturated rings. The minimum absolute atomic E-state index is 0.0108. The van der Waals surface area contributed by atoms with Gasteiger partial charge in [-0.05, 0) is 85.3 Å². The lowest BCUT2D eigenvalue weighted by Gasteiger charge is -2.35. The molecular formula is C38H41Cl2N3O4S. The van der Waals surface area contributed by atoms with Gasteiger partial charge in [-0.15, -0.1) is 0 Å². The highest BCUT2D eigenvalue weighted by Gasteiger charge is 2.35. The van der Waals surface area contributed by atoms with E-state index in [9.17, 15) is 18.0 Å². The van der Waals surface area contributed by atoms with Crippen LogP contribution in [0, 0.1) is 13.8 Å². The molecule has 252 valence electrons. The number of nitrogens with zero attached hydrogens (tertiary/aromatic N) is 2. The van der Waals surface area contributed by atoms with Crippen LogP contribution in [-0.2, 0) is 32.6 Å². The van der Waals surface area contributed by atoms with Gasteiger partial charge in [-0.2, -0.15) is 0 Å². The number of halogens is 2. The molecule has 2 amide bonds. The Labute approximate surface area is 293 Å². The molecule has 0 aliphatic heterocycles. The number of hydrogen-bond donors (Lipinski definition) is 1. The Hall–Kier alpha value is -3.85. The number of carbonyl (C=O) groups excluding carboxylic acids is 2. The van der Waals surface area contributed by atoms with E-state index in [0.717, 1.165) is 53.1 Å². The number of amides is 2. The van der Waals surface area contributed by atoms with Gasteiger partial charge in [0.1, 0.15) is 12.6 Å². The van der Waals surface area contributed by atoms with Crippen molar-refractivity contribution >= 4 is 50.7 Å². The average molecular weight is 707 g/mol. The van der Waals surface area contributed by atoms with Crippen molar-refractivity contribution in [2.24, 2.45) is 0 Å². The Bertz CT molecular complexity index is 1810. The third-order valence-electron chi connectivity index (χ3n) is 8.66. The van der Waals surface area contributed by atoms with Gasteiger partial charge >= 0.3 is 0 Å². The molecule has 0 unspecified atom stereocenters. The van der Waals surface area contributed by atoms with Crippen molar-refractivity contribution in [3.63, 3.8) is 0 Å². The van der Waals surface area contributed by atoms with E-state index >= 15 is 0 Å². The molecule has 1 saturated carbocycles. The summed E-state index contributed by atoms with van der Waals surface area (Å²) in [4.78, 5) is 30.5. The number of aryl methyl sites for hydroxylation is 2. The monoisotopic (exact) mass is 705 g/mol. The molecule has 7 nitrogen and oxygen atoms in total. The van der Waals surface area contributed by atoms with Crippen molar-refractivity contribution in [2.45, 2.75) is 75.9 Å². The summed E-state index contributed by atoms with van der Waals surface area (Å²) < 4.78 is 29.7. The van der Waals surface area contributed by atoms with Gasteiger partial charge in [0.2, 0.25) is 11.8 Å². The topological polar surface area (TPSA) is 86.8 Å². The first-order valence-electron chi connectivity index (χ1n) is 16.2. The summed E-state index contributed by atoms with van der Waals surface area (Å²) in [6.45, 7) is 3.25. The molecule has 1 atom stereocenters. The van der Waals surface area contributed by atoms with Crippen LogP contribution in [0.25, 0.3) is 0 Å². The largest absolute Gasteiger partial charge is 0.352 e. The predicted molar refractivity (Wildman–Crippen MR) is 193 cm³/mol. The Morgan fingerprint density at radius 2 is 1.42 bits per heavy atom. The van der Waals surface area contributed by atoms with Crippen molar-refractivity contribution in [3.05, 3.63) is 129 Å². The lowest BCUT2D eigenvalue weighted by Crippen LogP contribution is -2.55. The van der Waals surface area contributed by atoms with Gasteiger partial charge in [-0.1, -0.05) is 103 Å². The van der Waals surface area contributed by atoms with Gasteiger partial charge in [-0.25, -0.2) is 8.42 Å². The second kappa shape index (κ2) is 16.0. The summed E-state index contributed by atoms with van der Waals surface area (Å²) in [6.07, 6.45) is 5.18. The second-order valence-corrected chi connectivity index (χ2v) is 15.2. The first-order valence-corrected chi connectivity index (χ1v) is 18.4. The van der Waals surface area contributed by atoms with Crippen LogP contribution < -0.4 is 9.62 Å². The van der Waals surface area contributed by atoms with Crippen molar-refractivity contribution < 1.29 is 18.0 Å². The van der Waals surface area contributed by atoms with E-state index in [0.29, 0.717) is 21.3 Å². The Kier molecular flexibility index (Phi) is 11.8. The molecule has 4 aromatic carbocycles. The molecule has 10 heteroatoms. The molecule has 0 spiro atoms. The van der Waals surface area contributed by atoms with Crippen molar-refractivity contribution in [1.29, 1.82) is 0 Å². The number of anilines is 1. The zero-order chi connectivity index (χ0) is 34.3. The average Bonchev–Trinajstić information content (AvgIpc) is 3.07. The van der Waals surface area contributed by atoms with Crippen LogP contribution >= 0.6 is 23.2 Å². The summed E-state index contributed by atoms with van der Waals surface area (Å²) >= 11 is 12.6. The maximum atomic E-state index is 14.7. The molecule has 4 aromatic rings. The minimum atomic E-state index is -4.18. The standard InChI is InChI=1S/C38H41Cl2N3O4S/c1-27-20-28(2)22-32(21-27)43(48(46,47)33-16-10-5-11-17-33)26-37(44)42(25-30-18-19-34(39)35(40)23-30)36(24-29-12-6-3-7-13-29)38(45)41-31-14-8-4-9-15-31/h3,5-7,10-13,16-23,31,36H,4,8-9,14-15,24-26H2,1-2H3,(H,41,45)/t36-/m1/s1. The van der Waals surface area contributed by atoms with E-state index in [-0.39, 0.29) is 29.8 Å². The van der Waals surface area contributed by atoms with E-state index in [2.05, 4.69) is 5.32 Å². The Morgan fingerprint density at radius 1 is 0.792 bits per heavy atom. The molecule has 0 saturated heterocycles. The zero-order valence-corrected chi connectivity index (χ0v) is 29.6. The SMILES string of the molecule is Cc1cc(C)cc(N(CC(=O)N(Cc2ccc(Cl)c(Cl)c2)[C@H](Cc2ccccc2)C(=O)NC2CCCCC2)S(=O)(=O)c2ccccc2)c1. The van der Waals surface area contributed by atoms with Gasteiger partial charge in [0.25, 0.3) is 10.0 Å². The van der Waals surface area contributed by atoms with Crippen LogP contribution in [0.3, 0.4) is 0 Å². The van der Waals surface area contributed by atoms with E-state index in [1.54, 1.807) is 48.5 Å². The van der Waals surface area contributed by atoms with Gasteiger partial charge < -0.3 is 10.2 Å². The highest BCUT2D eigenvalue weighted by atomic mass is 35.5. The molecule has 48 heavy (non-hydrogen) atoms. The smallest absolute Gasteiger partial charge is 0.264 e. The quantitative estimate of drug-likeness (QED) is 0.162. The molecule has 0 aromatic heterocycles. The number of rotatable bonds is 12. The summed E-state index contributed by atoms with van der Waals surface area (Å²) in [6, 6.07) is 27.2. The van der Waals surface area contributed by atoms with Crippen molar-refractivity contribution in [2.75, 3.05) is 10.8 Å². The fourth-order valence-corrected chi connectivity index (χ4v) is 8.02. The van der Waals surface area contributed by atoms with Crippen molar-refractivity contribution in [1.82, 2.24) is 10.2 Å². The van der Waals surface area contributed by atoms with Crippen LogP contribution in [0.5, 0.6) is 0 Å². The van der Waals surface area contributed by atoms with E-state index in [1.165, 1.54) is 17.0 Å². The number of sulfonamides is 1. The second-order valence-electron chi connectivity index (χ2n) is 12.5. The van der Waals surface area contributed by atoms with E-state index < -0.39 is 28.5 Å². The number of carbonyl (C=O) groups is 2. The number of benzene rings is 4. The van der Waals surface area contributed by atoms with Crippen molar-refractivity contribution in [3.8, 4) is 0 Å². The first kappa shape index (κ1) is 35.5. The maximum absolute atomic E-state index is 14.7. The van der Waals surface area contributed by atoms with E-state index in [1.807, 2.05) is 50.2 Å². The molecule has 0 bridgehead atoms. The molecule has 1 N–H and O–H groups in total. The van der Waals surface area contributed by atoms with E-state index in [4.69, 9.17) is 23.2 Å². The molecule has 1 aliphatic carbocycles. The fraction of sp³-hybridized carbons (Fsp3) is 0.316. The highest BCUT2D eigenvalue weighted by Crippen LogP contribution is 2.28. The van der Waals surface area contributed by atoms with Gasteiger partial charge in [0.05, 0.1) is 20.6 Å². The summed E-state index contributed by atoms with van der Waals surface area (Å²) in [7, 11) is -4.18. The molecule has 1 aliphatic rings. The summed E-state index contributed by atoms with van der Waals surface area (Å²) in [5.41, 5.74) is 3.60. The highest BCUT2D eigenvalue weighted by molar-refractivity contribution is 7.92. The summed E-state index contributed by atoms with van der Waals surface area (Å²) in [5.74, 6) is -0.803. The maximum Gasteiger partial charge on any atom is 0.264 e. The van der Waals surface area contributed by atoms with Crippen LogP contribution in [-0.4, -0.2) is 43.8 Å².